The molecule has 5 rings (SSSR count). The molecule has 3 aromatic rings. The van der Waals surface area contributed by atoms with Crippen molar-refractivity contribution in [2.45, 2.75) is 91.0 Å². The quantitative estimate of drug-likeness (QED) is 0.391. The van der Waals surface area contributed by atoms with Crippen LogP contribution >= 0.6 is 0 Å². The Labute approximate surface area is 210 Å². The van der Waals surface area contributed by atoms with Gasteiger partial charge in [0.1, 0.15) is 0 Å². The molecule has 0 radical (unpaired) electrons. The summed E-state index contributed by atoms with van der Waals surface area (Å²) >= 11 is 0. The number of rotatable bonds is 7. The molecular formula is C29H42N6. The van der Waals surface area contributed by atoms with Crippen molar-refractivity contribution < 1.29 is 0 Å². The number of piperidine rings is 1. The summed E-state index contributed by atoms with van der Waals surface area (Å²) in [6, 6.07) is 9.11. The van der Waals surface area contributed by atoms with Gasteiger partial charge in [-0.1, -0.05) is 83.6 Å². The fourth-order valence-corrected chi connectivity index (χ4v) is 5.70. The lowest BCUT2D eigenvalue weighted by Crippen LogP contribution is -2.34. The van der Waals surface area contributed by atoms with Gasteiger partial charge in [0.15, 0.2) is 5.65 Å². The smallest absolute Gasteiger partial charge is 0.230 e. The monoisotopic (exact) mass is 474 g/mol. The second kappa shape index (κ2) is 11.0. The van der Waals surface area contributed by atoms with Crippen molar-refractivity contribution in [2.75, 3.05) is 23.3 Å². The highest BCUT2D eigenvalue weighted by Gasteiger charge is 2.22. The Morgan fingerprint density at radius 3 is 2.46 bits per heavy atom. The first-order valence-corrected chi connectivity index (χ1v) is 13.9. The third-order valence-electron chi connectivity index (χ3n) is 8.01. The second-order valence-electron chi connectivity index (χ2n) is 11.2. The van der Waals surface area contributed by atoms with Gasteiger partial charge >= 0.3 is 0 Å². The van der Waals surface area contributed by atoms with E-state index in [1.807, 2.05) is 10.7 Å². The molecule has 0 amide bonds. The summed E-state index contributed by atoms with van der Waals surface area (Å²) in [5.41, 5.74) is 4.86. The third-order valence-corrected chi connectivity index (χ3v) is 8.01. The summed E-state index contributed by atoms with van der Waals surface area (Å²) in [6.07, 6.45) is 14.0. The van der Waals surface area contributed by atoms with E-state index in [-0.39, 0.29) is 0 Å². The zero-order valence-corrected chi connectivity index (χ0v) is 21.8. The fourth-order valence-electron chi connectivity index (χ4n) is 5.70. The number of aromatic nitrogens is 4. The van der Waals surface area contributed by atoms with Crippen molar-refractivity contribution >= 4 is 17.5 Å². The van der Waals surface area contributed by atoms with Crippen LogP contribution in [0, 0.1) is 11.8 Å². The zero-order chi connectivity index (χ0) is 24.2. The topological polar surface area (TPSA) is 58.4 Å². The maximum absolute atomic E-state index is 4.98. The van der Waals surface area contributed by atoms with Crippen LogP contribution in [0.4, 0.5) is 11.9 Å². The lowest BCUT2D eigenvalue weighted by molar-refractivity contribution is 0.434. The summed E-state index contributed by atoms with van der Waals surface area (Å²) < 4.78 is 1.89. The average molecular weight is 475 g/mol. The predicted octanol–water partition coefficient (Wildman–Crippen LogP) is 6.61. The molecule has 6 heteroatoms. The van der Waals surface area contributed by atoms with Gasteiger partial charge in [0.2, 0.25) is 11.9 Å². The maximum Gasteiger partial charge on any atom is 0.230 e. The van der Waals surface area contributed by atoms with Crippen molar-refractivity contribution in [1.29, 1.82) is 0 Å². The van der Waals surface area contributed by atoms with E-state index in [9.17, 15) is 0 Å². The van der Waals surface area contributed by atoms with Crippen LogP contribution in [0.3, 0.4) is 0 Å². The summed E-state index contributed by atoms with van der Waals surface area (Å²) in [6.45, 7) is 9.52. The van der Waals surface area contributed by atoms with Gasteiger partial charge in [-0.25, -0.2) is 0 Å². The van der Waals surface area contributed by atoms with Gasteiger partial charge in [0.25, 0.3) is 0 Å². The van der Waals surface area contributed by atoms with Crippen molar-refractivity contribution in [3.63, 3.8) is 0 Å². The Bertz CT molecular complexity index is 1100. The normalized spacial score (nSPS) is 18.3. The van der Waals surface area contributed by atoms with Crippen LogP contribution in [0.25, 0.3) is 5.65 Å². The first-order chi connectivity index (χ1) is 17.1. The van der Waals surface area contributed by atoms with E-state index < -0.39 is 0 Å². The summed E-state index contributed by atoms with van der Waals surface area (Å²) in [7, 11) is 0. The molecule has 1 saturated heterocycles. The van der Waals surface area contributed by atoms with Crippen LogP contribution in [0.2, 0.25) is 0 Å². The summed E-state index contributed by atoms with van der Waals surface area (Å²) in [4.78, 5) is 12.3. The van der Waals surface area contributed by atoms with Gasteiger partial charge in [-0.05, 0) is 48.1 Å². The van der Waals surface area contributed by atoms with E-state index in [2.05, 4.69) is 60.4 Å². The van der Waals surface area contributed by atoms with E-state index in [0.717, 1.165) is 49.0 Å². The van der Waals surface area contributed by atoms with Crippen LogP contribution in [0.5, 0.6) is 0 Å². The number of benzene rings is 1. The van der Waals surface area contributed by atoms with Crippen molar-refractivity contribution in [3.8, 4) is 0 Å². The molecule has 3 heterocycles. The molecule has 1 aromatic carbocycles. The Morgan fingerprint density at radius 2 is 1.71 bits per heavy atom. The van der Waals surface area contributed by atoms with E-state index in [4.69, 9.17) is 9.97 Å². The number of fused-ring (bicyclic) bond motifs is 1. The Kier molecular flexibility index (Phi) is 7.54. The van der Waals surface area contributed by atoms with E-state index in [1.165, 1.54) is 74.5 Å². The lowest BCUT2D eigenvalue weighted by Gasteiger charge is -2.30. The minimum absolute atomic E-state index is 0.366. The molecule has 1 aliphatic carbocycles. The molecule has 0 spiro atoms. The van der Waals surface area contributed by atoms with Crippen LogP contribution < -0.4 is 10.2 Å². The van der Waals surface area contributed by atoms with Crippen LogP contribution in [-0.4, -0.2) is 32.7 Å². The number of nitrogens with zero attached hydrogens (tertiary/aromatic N) is 5. The van der Waals surface area contributed by atoms with Gasteiger partial charge in [0, 0.05) is 25.2 Å². The Hall–Kier alpha value is -2.63. The van der Waals surface area contributed by atoms with Crippen molar-refractivity contribution in [1.82, 2.24) is 19.6 Å². The molecule has 2 fully saturated rings. The number of hydrogen-bond donors (Lipinski definition) is 1. The molecule has 1 N–H and O–H groups in total. The number of hydrogen-bond acceptors (Lipinski definition) is 5. The summed E-state index contributed by atoms with van der Waals surface area (Å²) in [5, 5.41) is 8.27. The largest absolute Gasteiger partial charge is 0.350 e. The number of anilines is 2. The SMILES string of the molecule is CC1CCN(c2nc(NCc3cccc(CC4CCCCCC4)c3)n3ncc(C(C)C)c3n2)CC1. The van der Waals surface area contributed by atoms with Gasteiger partial charge in [-0.3, -0.25) is 0 Å². The van der Waals surface area contributed by atoms with E-state index in [0.29, 0.717) is 5.92 Å². The van der Waals surface area contributed by atoms with Crippen LogP contribution in [0.15, 0.2) is 30.5 Å². The maximum atomic E-state index is 4.98. The van der Waals surface area contributed by atoms with Gasteiger partial charge < -0.3 is 10.2 Å². The molecule has 0 bridgehead atoms. The minimum atomic E-state index is 0.366. The molecule has 6 nitrogen and oxygen atoms in total. The molecule has 1 aliphatic heterocycles. The lowest BCUT2D eigenvalue weighted by atomic mass is 9.92. The number of nitrogens with one attached hydrogen (secondary N) is 1. The Balaban J connectivity index is 1.35. The van der Waals surface area contributed by atoms with Crippen LogP contribution in [-0.2, 0) is 13.0 Å². The highest BCUT2D eigenvalue weighted by Crippen LogP contribution is 2.28. The molecule has 35 heavy (non-hydrogen) atoms. The molecular weight excluding hydrogens is 432 g/mol. The van der Waals surface area contributed by atoms with Crippen LogP contribution in [0.1, 0.15) is 94.7 Å². The fraction of sp³-hybridized carbons (Fsp3) is 0.621. The molecule has 1 saturated carbocycles. The molecule has 2 aliphatic rings. The highest BCUT2D eigenvalue weighted by atomic mass is 15.4. The van der Waals surface area contributed by atoms with Gasteiger partial charge in [0.05, 0.1) is 6.20 Å². The van der Waals surface area contributed by atoms with Crippen molar-refractivity contribution in [3.05, 3.63) is 47.2 Å². The van der Waals surface area contributed by atoms with Crippen molar-refractivity contribution in [2.24, 2.45) is 11.8 Å². The average Bonchev–Trinajstić information content (AvgIpc) is 3.13. The van der Waals surface area contributed by atoms with Gasteiger partial charge in [-0.15, -0.1) is 0 Å². The molecule has 0 unspecified atom stereocenters. The first kappa shape index (κ1) is 24.1. The second-order valence-corrected chi connectivity index (χ2v) is 11.2. The van der Waals surface area contributed by atoms with E-state index >= 15 is 0 Å². The summed E-state index contributed by atoms with van der Waals surface area (Å²) in [5.74, 6) is 3.60. The highest BCUT2D eigenvalue weighted by molar-refractivity contribution is 5.56. The van der Waals surface area contributed by atoms with E-state index in [1.54, 1.807) is 0 Å². The molecule has 0 atom stereocenters. The zero-order valence-electron chi connectivity index (χ0n) is 21.8. The standard InChI is InChI=1S/C29H42N6/c1-21(2)26-20-31-35-27(26)32-29(34-15-13-22(3)14-16-34)33-28(35)30-19-25-12-8-11-24(18-25)17-23-9-6-4-5-7-10-23/h8,11-12,18,20-23H,4-7,9-10,13-17,19H2,1-3H3,(H,30,32,33). The minimum Gasteiger partial charge on any atom is -0.350 e. The third kappa shape index (κ3) is 5.79. The van der Waals surface area contributed by atoms with Gasteiger partial charge in [-0.2, -0.15) is 19.6 Å². The molecule has 2 aromatic heterocycles. The first-order valence-electron chi connectivity index (χ1n) is 13.9. The predicted molar refractivity (Wildman–Crippen MR) is 144 cm³/mol. The Morgan fingerprint density at radius 1 is 0.971 bits per heavy atom. The molecule has 188 valence electrons.